The topological polar surface area (TPSA) is 55.1 Å². The molecule has 0 radical (unpaired) electrons. The Labute approximate surface area is 101 Å². The summed E-state index contributed by atoms with van der Waals surface area (Å²) in [5.74, 6) is -0.451. The van der Waals surface area contributed by atoms with Gasteiger partial charge >= 0.3 is 0 Å². The van der Waals surface area contributed by atoms with E-state index in [1.807, 2.05) is 31.2 Å². The van der Waals surface area contributed by atoms with Crippen molar-refractivity contribution in [1.82, 2.24) is 5.32 Å². The minimum atomic E-state index is -0.286. The quantitative estimate of drug-likeness (QED) is 0.828. The zero-order valence-corrected chi connectivity index (χ0v) is 10.3. The number of nitrogens with one attached hydrogen (secondary N) is 1. The Kier molecular flexibility index (Phi) is 4.77. The predicted molar refractivity (Wildman–Crippen MR) is 66.2 cm³/mol. The molecule has 1 amide bonds. The Morgan fingerprint density at radius 2 is 2.19 bits per heavy atom. The third-order valence-electron chi connectivity index (χ3n) is 2.56. The highest BCUT2D eigenvalue weighted by Gasteiger charge is 2.11. The average molecular weight is 241 g/mol. The third kappa shape index (κ3) is 3.83. The first-order valence-corrected chi connectivity index (χ1v) is 5.66. The van der Waals surface area contributed by atoms with Crippen LogP contribution in [0.25, 0.3) is 0 Å². The molecule has 88 valence electrons. The molecular formula is C12H17ClN2O. The molecule has 0 fully saturated rings. The molecule has 0 saturated carbocycles. The third-order valence-corrected chi connectivity index (χ3v) is 2.80. The molecule has 1 unspecified atom stereocenters. The lowest BCUT2D eigenvalue weighted by molar-refractivity contribution is -0.121. The van der Waals surface area contributed by atoms with Crippen molar-refractivity contribution < 1.29 is 4.79 Å². The van der Waals surface area contributed by atoms with Crippen LogP contribution in [0.1, 0.15) is 25.5 Å². The number of amides is 1. The molecule has 1 rings (SSSR count). The van der Waals surface area contributed by atoms with Gasteiger partial charge < -0.3 is 11.1 Å². The molecule has 0 saturated heterocycles. The van der Waals surface area contributed by atoms with Crippen molar-refractivity contribution in [2.24, 2.45) is 11.7 Å². The highest BCUT2D eigenvalue weighted by atomic mass is 35.5. The van der Waals surface area contributed by atoms with Gasteiger partial charge in [0.1, 0.15) is 0 Å². The lowest BCUT2D eigenvalue weighted by Crippen LogP contribution is -2.32. The van der Waals surface area contributed by atoms with Crippen LogP contribution in [-0.2, 0) is 4.79 Å². The van der Waals surface area contributed by atoms with Crippen LogP contribution in [0.4, 0.5) is 0 Å². The fourth-order valence-corrected chi connectivity index (χ4v) is 1.55. The van der Waals surface area contributed by atoms with Crippen molar-refractivity contribution in [2.75, 3.05) is 6.54 Å². The van der Waals surface area contributed by atoms with E-state index in [0.717, 1.165) is 5.56 Å². The first-order chi connectivity index (χ1) is 7.50. The van der Waals surface area contributed by atoms with E-state index in [1.54, 1.807) is 6.92 Å². The molecule has 0 aromatic heterocycles. The normalized spacial score (nSPS) is 14.4. The summed E-state index contributed by atoms with van der Waals surface area (Å²) in [5, 5.41) is 3.96. The van der Waals surface area contributed by atoms with Gasteiger partial charge in [-0.2, -0.15) is 0 Å². The largest absolute Gasteiger partial charge is 0.369 e. The van der Waals surface area contributed by atoms with Gasteiger partial charge in [-0.1, -0.05) is 30.7 Å². The Morgan fingerprint density at radius 3 is 2.75 bits per heavy atom. The second-order valence-electron chi connectivity index (χ2n) is 3.99. The molecule has 0 aliphatic rings. The average Bonchev–Trinajstić information content (AvgIpc) is 2.25. The smallest absolute Gasteiger partial charge is 0.221 e. The van der Waals surface area contributed by atoms with Crippen molar-refractivity contribution in [3.05, 3.63) is 34.9 Å². The van der Waals surface area contributed by atoms with Crippen molar-refractivity contribution in [2.45, 2.75) is 19.9 Å². The number of carbonyl (C=O) groups excluding carboxylic acids is 1. The SMILES string of the molecule is CC(CN[C@H](C)c1cccc(Cl)c1)C(N)=O. The first kappa shape index (κ1) is 13.0. The molecular weight excluding hydrogens is 224 g/mol. The van der Waals surface area contributed by atoms with Crippen LogP contribution in [0.3, 0.4) is 0 Å². The van der Waals surface area contributed by atoms with Gasteiger partial charge in [0.15, 0.2) is 0 Å². The number of hydrogen-bond acceptors (Lipinski definition) is 2. The number of nitrogens with two attached hydrogens (primary N) is 1. The van der Waals surface area contributed by atoms with Crippen LogP contribution in [-0.4, -0.2) is 12.5 Å². The number of primary amides is 1. The second-order valence-corrected chi connectivity index (χ2v) is 4.42. The van der Waals surface area contributed by atoms with Crippen molar-refractivity contribution in [3.63, 3.8) is 0 Å². The summed E-state index contributed by atoms with van der Waals surface area (Å²) in [4.78, 5) is 10.9. The van der Waals surface area contributed by atoms with Gasteiger partial charge in [0.05, 0.1) is 0 Å². The van der Waals surface area contributed by atoms with Crippen LogP contribution < -0.4 is 11.1 Å². The highest BCUT2D eigenvalue weighted by molar-refractivity contribution is 6.30. The summed E-state index contributed by atoms with van der Waals surface area (Å²) in [6.45, 7) is 4.41. The predicted octanol–water partition coefficient (Wildman–Crippen LogP) is 2.11. The zero-order chi connectivity index (χ0) is 12.1. The molecule has 0 heterocycles. The van der Waals surface area contributed by atoms with Crippen LogP contribution in [0.15, 0.2) is 24.3 Å². The van der Waals surface area contributed by atoms with E-state index < -0.39 is 0 Å². The Balaban J connectivity index is 2.52. The molecule has 0 aliphatic carbocycles. The van der Waals surface area contributed by atoms with Crippen molar-refractivity contribution >= 4 is 17.5 Å². The maximum atomic E-state index is 10.9. The van der Waals surface area contributed by atoms with Crippen LogP contribution in [0.2, 0.25) is 5.02 Å². The summed E-state index contributed by atoms with van der Waals surface area (Å²) < 4.78 is 0. The molecule has 0 spiro atoms. The molecule has 1 aromatic carbocycles. The second kappa shape index (κ2) is 5.87. The van der Waals surface area contributed by atoms with E-state index in [1.165, 1.54) is 0 Å². The molecule has 1 aromatic rings. The maximum Gasteiger partial charge on any atom is 0.221 e. The Bertz CT molecular complexity index is 368. The standard InChI is InChI=1S/C12H17ClN2O/c1-8(12(14)16)7-15-9(2)10-4-3-5-11(13)6-10/h3-6,8-9,15H,7H2,1-2H3,(H2,14,16)/t8?,9-/m1/s1. The molecule has 3 nitrogen and oxygen atoms in total. The van der Waals surface area contributed by atoms with Gasteiger partial charge in [0.25, 0.3) is 0 Å². The van der Waals surface area contributed by atoms with Crippen LogP contribution in [0.5, 0.6) is 0 Å². The van der Waals surface area contributed by atoms with E-state index in [4.69, 9.17) is 17.3 Å². The summed E-state index contributed by atoms with van der Waals surface area (Å²) in [5.41, 5.74) is 6.29. The Hall–Kier alpha value is -1.06. The van der Waals surface area contributed by atoms with Gasteiger partial charge in [0.2, 0.25) is 5.91 Å². The van der Waals surface area contributed by atoms with E-state index in [0.29, 0.717) is 11.6 Å². The van der Waals surface area contributed by atoms with Gasteiger partial charge in [0, 0.05) is 23.5 Å². The van der Waals surface area contributed by atoms with E-state index >= 15 is 0 Å². The summed E-state index contributed by atoms with van der Waals surface area (Å²) in [6.07, 6.45) is 0. The molecule has 3 N–H and O–H groups in total. The summed E-state index contributed by atoms with van der Waals surface area (Å²) in [6, 6.07) is 7.81. The molecule has 4 heteroatoms. The minimum absolute atomic E-state index is 0.153. The van der Waals surface area contributed by atoms with Gasteiger partial charge in [-0.3, -0.25) is 4.79 Å². The molecule has 2 atom stereocenters. The molecule has 0 aliphatic heterocycles. The van der Waals surface area contributed by atoms with E-state index in [-0.39, 0.29) is 17.9 Å². The highest BCUT2D eigenvalue weighted by Crippen LogP contribution is 2.17. The van der Waals surface area contributed by atoms with Crippen LogP contribution >= 0.6 is 11.6 Å². The van der Waals surface area contributed by atoms with E-state index in [9.17, 15) is 4.79 Å². The molecule has 16 heavy (non-hydrogen) atoms. The first-order valence-electron chi connectivity index (χ1n) is 5.29. The lowest BCUT2D eigenvalue weighted by Gasteiger charge is -2.16. The zero-order valence-electron chi connectivity index (χ0n) is 9.53. The fraction of sp³-hybridized carbons (Fsp3) is 0.417. The number of halogens is 1. The number of carbonyl (C=O) groups is 1. The van der Waals surface area contributed by atoms with Gasteiger partial charge in [-0.15, -0.1) is 0 Å². The van der Waals surface area contributed by atoms with Crippen molar-refractivity contribution in [1.29, 1.82) is 0 Å². The Morgan fingerprint density at radius 1 is 1.50 bits per heavy atom. The van der Waals surface area contributed by atoms with Gasteiger partial charge in [-0.25, -0.2) is 0 Å². The van der Waals surface area contributed by atoms with Crippen molar-refractivity contribution in [3.8, 4) is 0 Å². The van der Waals surface area contributed by atoms with Crippen LogP contribution in [0, 0.1) is 5.92 Å². The monoisotopic (exact) mass is 240 g/mol. The number of hydrogen-bond donors (Lipinski definition) is 2. The molecule has 0 bridgehead atoms. The maximum absolute atomic E-state index is 10.9. The van der Waals surface area contributed by atoms with Gasteiger partial charge in [-0.05, 0) is 24.6 Å². The summed E-state index contributed by atoms with van der Waals surface area (Å²) >= 11 is 5.90. The number of benzene rings is 1. The minimum Gasteiger partial charge on any atom is -0.369 e. The fourth-order valence-electron chi connectivity index (χ4n) is 1.35. The number of rotatable bonds is 5. The lowest BCUT2D eigenvalue weighted by atomic mass is 10.1. The van der Waals surface area contributed by atoms with E-state index in [2.05, 4.69) is 5.32 Å². The summed E-state index contributed by atoms with van der Waals surface area (Å²) in [7, 11) is 0.